The van der Waals surface area contributed by atoms with Crippen molar-refractivity contribution < 1.29 is 28.6 Å². The Labute approximate surface area is 190 Å². The van der Waals surface area contributed by atoms with Gasteiger partial charge in [-0.3, -0.25) is 4.79 Å². The van der Waals surface area contributed by atoms with Crippen molar-refractivity contribution in [3.63, 3.8) is 0 Å². The number of nitrogens with zero attached hydrogens (tertiary/aromatic N) is 1. The van der Waals surface area contributed by atoms with Crippen molar-refractivity contribution in [2.45, 2.75) is 50.7 Å². The molecule has 1 aliphatic heterocycles. The molecular formula is C24H27F2NO4S. The normalized spacial score (nSPS) is 20.1. The second kappa shape index (κ2) is 10.4. The van der Waals surface area contributed by atoms with E-state index in [4.69, 9.17) is 5.11 Å². The predicted molar refractivity (Wildman–Crippen MR) is 119 cm³/mol. The van der Waals surface area contributed by atoms with Crippen molar-refractivity contribution in [3.8, 4) is 0 Å². The summed E-state index contributed by atoms with van der Waals surface area (Å²) in [5.41, 5.74) is 1.08. The molecule has 2 aromatic rings. The van der Waals surface area contributed by atoms with Gasteiger partial charge in [0.1, 0.15) is 4.88 Å². The summed E-state index contributed by atoms with van der Waals surface area (Å²) in [5, 5.41) is 19.5. The summed E-state index contributed by atoms with van der Waals surface area (Å²) in [4.78, 5) is 25.4. The first-order valence-electron chi connectivity index (χ1n) is 10.6. The van der Waals surface area contributed by atoms with Crippen LogP contribution in [0.15, 0.2) is 54.6 Å². The van der Waals surface area contributed by atoms with Gasteiger partial charge in [-0.25, -0.2) is 4.79 Å². The number of likely N-dealkylation sites (tertiary alicyclic amines) is 1. The van der Waals surface area contributed by atoms with Gasteiger partial charge in [-0.2, -0.15) is 8.78 Å². The van der Waals surface area contributed by atoms with Gasteiger partial charge < -0.3 is 15.1 Å². The number of aromatic carboxylic acids is 1. The van der Waals surface area contributed by atoms with Gasteiger partial charge in [0, 0.05) is 17.8 Å². The van der Waals surface area contributed by atoms with Gasteiger partial charge >= 0.3 is 11.9 Å². The molecule has 0 bridgehead atoms. The minimum Gasteiger partial charge on any atom is -0.477 e. The molecule has 32 heavy (non-hydrogen) atoms. The molecule has 3 rings (SSSR count). The van der Waals surface area contributed by atoms with Crippen LogP contribution in [0.1, 0.15) is 39.9 Å². The summed E-state index contributed by atoms with van der Waals surface area (Å²) >= 11 is 1.14. The molecule has 1 amide bonds. The number of hydrogen-bond donors (Lipinski definition) is 2. The SMILES string of the molecule is CC(Cc1ccccc1)[C@H](O)/C=C/C1CC(F)(F)C(=O)N1CCCc1ccc(C(=O)O)s1. The molecule has 1 saturated heterocycles. The molecule has 2 N–H and O–H groups in total. The second-order valence-corrected chi connectivity index (χ2v) is 9.36. The number of aliphatic hydroxyl groups is 1. The van der Waals surface area contributed by atoms with Gasteiger partial charge in [0.05, 0.1) is 12.1 Å². The summed E-state index contributed by atoms with van der Waals surface area (Å²) in [6.07, 6.45) is 3.19. The van der Waals surface area contributed by atoms with E-state index in [1.807, 2.05) is 37.3 Å². The minimum absolute atomic E-state index is 0.109. The molecule has 2 unspecified atom stereocenters. The molecule has 2 heterocycles. The lowest BCUT2D eigenvalue weighted by Gasteiger charge is -2.22. The Morgan fingerprint density at radius 3 is 2.66 bits per heavy atom. The molecule has 0 radical (unpaired) electrons. The number of aryl methyl sites for hydroxylation is 1. The Balaban J connectivity index is 1.59. The number of thiophene rings is 1. The van der Waals surface area contributed by atoms with E-state index in [9.17, 15) is 23.5 Å². The van der Waals surface area contributed by atoms with E-state index in [2.05, 4.69) is 0 Å². The van der Waals surface area contributed by atoms with E-state index >= 15 is 0 Å². The Hall–Kier alpha value is -2.58. The van der Waals surface area contributed by atoms with Gasteiger partial charge in [0.2, 0.25) is 0 Å². The number of carbonyl (C=O) groups is 2. The lowest BCUT2D eigenvalue weighted by atomic mass is 9.95. The van der Waals surface area contributed by atoms with E-state index in [1.165, 1.54) is 18.2 Å². The molecule has 1 aromatic carbocycles. The maximum Gasteiger partial charge on any atom is 0.345 e. The lowest BCUT2D eigenvalue weighted by Crippen LogP contribution is -2.37. The first-order valence-corrected chi connectivity index (χ1v) is 11.4. The zero-order valence-corrected chi connectivity index (χ0v) is 18.6. The summed E-state index contributed by atoms with van der Waals surface area (Å²) in [6, 6.07) is 12.1. The molecule has 8 heteroatoms. The Morgan fingerprint density at radius 1 is 1.28 bits per heavy atom. The fraction of sp³-hybridized carbons (Fsp3) is 0.417. The van der Waals surface area contributed by atoms with Gasteiger partial charge in [0.15, 0.2) is 0 Å². The van der Waals surface area contributed by atoms with E-state index < -0.39 is 36.4 Å². The average Bonchev–Trinajstić information content (AvgIpc) is 3.31. The van der Waals surface area contributed by atoms with Crippen molar-refractivity contribution in [3.05, 3.63) is 69.9 Å². The number of benzene rings is 1. The first-order chi connectivity index (χ1) is 15.2. The highest BCUT2D eigenvalue weighted by molar-refractivity contribution is 7.13. The van der Waals surface area contributed by atoms with Crippen molar-refractivity contribution >= 4 is 23.2 Å². The fourth-order valence-electron chi connectivity index (χ4n) is 3.85. The van der Waals surface area contributed by atoms with Crippen molar-refractivity contribution in [2.75, 3.05) is 6.54 Å². The van der Waals surface area contributed by atoms with Crippen LogP contribution >= 0.6 is 11.3 Å². The van der Waals surface area contributed by atoms with Crippen LogP contribution in [0.2, 0.25) is 0 Å². The summed E-state index contributed by atoms with van der Waals surface area (Å²) in [6.45, 7) is 2.03. The van der Waals surface area contributed by atoms with E-state index in [0.29, 0.717) is 19.3 Å². The van der Waals surface area contributed by atoms with Gasteiger partial charge in [-0.05, 0) is 42.9 Å². The summed E-state index contributed by atoms with van der Waals surface area (Å²) in [7, 11) is 0. The largest absolute Gasteiger partial charge is 0.477 e. The van der Waals surface area contributed by atoms with Crippen LogP contribution in [0, 0.1) is 5.92 Å². The molecule has 1 fully saturated rings. The molecule has 3 atom stereocenters. The van der Waals surface area contributed by atoms with Crippen LogP contribution in [0.25, 0.3) is 0 Å². The molecule has 0 saturated carbocycles. The number of carboxylic acids is 1. The standard InChI is InChI=1S/C24H27F2NO4S/c1-16(14-17-6-3-2-4-7-17)20(28)11-9-18-15-24(25,26)23(31)27(18)13-5-8-19-10-12-21(32-19)22(29)30/h2-4,6-7,9-12,16,18,20,28H,5,8,13-15H2,1H3,(H,29,30)/b11-9+/t16?,18?,20-/m1/s1. The fourth-order valence-corrected chi connectivity index (χ4v) is 4.74. The summed E-state index contributed by atoms with van der Waals surface area (Å²) in [5.74, 6) is -5.73. The number of amides is 1. The maximum atomic E-state index is 14.1. The third-order valence-electron chi connectivity index (χ3n) is 5.65. The Morgan fingerprint density at radius 2 is 2.00 bits per heavy atom. The van der Waals surface area contributed by atoms with E-state index in [0.717, 1.165) is 26.7 Å². The number of halogens is 2. The molecule has 172 valence electrons. The predicted octanol–water partition coefficient (Wildman–Crippen LogP) is 4.41. The highest BCUT2D eigenvalue weighted by atomic mass is 32.1. The van der Waals surface area contributed by atoms with E-state index in [-0.39, 0.29) is 17.3 Å². The van der Waals surface area contributed by atoms with Crippen LogP contribution in [0.3, 0.4) is 0 Å². The molecular weight excluding hydrogens is 436 g/mol. The van der Waals surface area contributed by atoms with Crippen molar-refractivity contribution in [1.82, 2.24) is 4.90 Å². The number of carboxylic acid groups (broad SMARTS) is 1. The Kier molecular flexibility index (Phi) is 7.79. The highest BCUT2D eigenvalue weighted by Crippen LogP contribution is 2.34. The van der Waals surface area contributed by atoms with Crippen molar-refractivity contribution in [1.29, 1.82) is 0 Å². The molecule has 1 aromatic heterocycles. The second-order valence-electron chi connectivity index (χ2n) is 8.19. The summed E-state index contributed by atoms with van der Waals surface area (Å²) < 4.78 is 28.2. The van der Waals surface area contributed by atoms with Crippen LogP contribution in [-0.4, -0.2) is 51.6 Å². The average molecular weight is 464 g/mol. The molecule has 0 aliphatic carbocycles. The van der Waals surface area contributed by atoms with Crippen molar-refractivity contribution in [2.24, 2.45) is 5.92 Å². The van der Waals surface area contributed by atoms with Crippen LogP contribution in [-0.2, 0) is 17.6 Å². The highest BCUT2D eigenvalue weighted by Gasteiger charge is 2.52. The van der Waals surface area contributed by atoms with Crippen LogP contribution in [0.4, 0.5) is 8.78 Å². The number of rotatable bonds is 10. The Bertz CT molecular complexity index is 960. The van der Waals surface area contributed by atoms with Gasteiger partial charge in [0.25, 0.3) is 5.91 Å². The van der Waals surface area contributed by atoms with Gasteiger partial charge in [-0.15, -0.1) is 11.3 Å². The number of alkyl halides is 2. The zero-order valence-electron chi connectivity index (χ0n) is 17.8. The number of carbonyl (C=O) groups excluding carboxylic acids is 1. The third kappa shape index (κ3) is 6.01. The van der Waals surface area contributed by atoms with Gasteiger partial charge in [-0.1, -0.05) is 49.4 Å². The molecule has 1 aliphatic rings. The maximum absolute atomic E-state index is 14.1. The quantitative estimate of drug-likeness (QED) is 0.512. The van der Waals surface area contributed by atoms with Crippen LogP contribution in [0.5, 0.6) is 0 Å². The topological polar surface area (TPSA) is 77.8 Å². The molecule has 5 nitrogen and oxygen atoms in total. The monoisotopic (exact) mass is 463 g/mol. The van der Waals surface area contributed by atoms with Crippen LogP contribution < -0.4 is 0 Å². The minimum atomic E-state index is -3.42. The number of aliphatic hydroxyl groups excluding tert-OH is 1. The smallest absolute Gasteiger partial charge is 0.345 e. The molecule has 0 spiro atoms. The zero-order chi connectivity index (χ0) is 23.3. The van der Waals surface area contributed by atoms with E-state index in [1.54, 1.807) is 6.07 Å². The third-order valence-corrected chi connectivity index (χ3v) is 6.78. The lowest BCUT2D eigenvalue weighted by molar-refractivity contribution is -0.148. The first kappa shape index (κ1) is 24.1. The number of hydrogen-bond acceptors (Lipinski definition) is 4.